The molecule has 0 fully saturated rings. The maximum absolute atomic E-state index is 13.4. The number of alkyl halides is 2. The van der Waals surface area contributed by atoms with Crippen LogP contribution in [0.15, 0.2) is 42.0 Å². The highest BCUT2D eigenvalue weighted by Gasteiger charge is 2.36. The summed E-state index contributed by atoms with van der Waals surface area (Å²) in [5.74, 6) is -4.65. The minimum absolute atomic E-state index is 0.0350. The van der Waals surface area contributed by atoms with Crippen molar-refractivity contribution in [3.63, 3.8) is 0 Å². The van der Waals surface area contributed by atoms with E-state index in [1.807, 2.05) is 0 Å². The van der Waals surface area contributed by atoms with Gasteiger partial charge in [0.25, 0.3) is 11.8 Å². The Labute approximate surface area is 156 Å². The lowest BCUT2D eigenvalue weighted by atomic mass is 9.90. The summed E-state index contributed by atoms with van der Waals surface area (Å²) in [4.78, 5) is 36.6. The van der Waals surface area contributed by atoms with E-state index < -0.39 is 48.6 Å². The van der Waals surface area contributed by atoms with E-state index in [-0.39, 0.29) is 6.42 Å². The molecule has 0 heterocycles. The molecule has 8 heteroatoms. The number of esters is 1. The molecule has 0 aliphatic heterocycles. The SMILES string of the molecule is COC(=O)[C@H](C)NC(=O)C(NC(=O)c1ccccc1)C1=CCC(F)(F)CC1. The van der Waals surface area contributed by atoms with Gasteiger partial charge in [0.05, 0.1) is 7.11 Å². The number of carbonyl (C=O) groups excluding carboxylic acids is 3. The second kappa shape index (κ2) is 8.75. The van der Waals surface area contributed by atoms with Crippen molar-refractivity contribution in [1.29, 1.82) is 0 Å². The third kappa shape index (κ3) is 5.60. The van der Waals surface area contributed by atoms with Crippen molar-refractivity contribution in [1.82, 2.24) is 10.6 Å². The Kier molecular flexibility index (Phi) is 6.65. The molecule has 2 amide bonds. The van der Waals surface area contributed by atoms with E-state index in [2.05, 4.69) is 15.4 Å². The Hall–Kier alpha value is -2.77. The van der Waals surface area contributed by atoms with E-state index >= 15 is 0 Å². The van der Waals surface area contributed by atoms with Gasteiger partial charge in [-0.2, -0.15) is 0 Å². The number of amides is 2. The van der Waals surface area contributed by atoms with Crippen LogP contribution in [0.3, 0.4) is 0 Å². The molecule has 0 saturated carbocycles. The lowest BCUT2D eigenvalue weighted by Crippen LogP contribution is -2.52. The molecular formula is C19H22F2N2O4. The molecule has 0 spiro atoms. The second-order valence-electron chi connectivity index (χ2n) is 6.37. The fourth-order valence-corrected chi connectivity index (χ4v) is 2.74. The van der Waals surface area contributed by atoms with E-state index in [1.165, 1.54) is 20.1 Å². The molecule has 1 aliphatic carbocycles. The molecule has 1 aromatic carbocycles. The minimum Gasteiger partial charge on any atom is -0.467 e. The Bertz CT molecular complexity index is 734. The normalized spacial score (nSPS) is 17.9. The van der Waals surface area contributed by atoms with Gasteiger partial charge in [-0.25, -0.2) is 13.6 Å². The van der Waals surface area contributed by atoms with Crippen molar-refractivity contribution in [3.8, 4) is 0 Å². The minimum atomic E-state index is -2.83. The quantitative estimate of drug-likeness (QED) is 0.585. The summed E-state index contributed by atoms with van der Waals surface area (Å²) in [7, 11) is 1.19. The second-order valence-corrected chi connectivity index (χ2v) is 6.37. The van der Waals surface area contributed by atoms with Gasteiger partial charge in [0.15, 0.2) is 0 Å². The summed E-state index contributed by atoms with van der Waals surface area (Å²) in [5, 5.41) is 5.03. The van der Waals surface area contributed by atoms with Crippen molar-refractivity contribution < 1.29 is 27.9 Å². The number of ether oxygens (including phenoxy) is 1. The molecule has 6 nitrogen and oxygen atoms in total. The highest BCUT2D eigenvalue weighted by molar-refractivity contribution is 5.99. The van der Waals surface area contributed by atoms with E-state index in [4.69, 9.17) is 0 Å². The van der Waals surface area contributed by atoms with Crippen LogP contribution in [0.2, 0.25) is 0 Å². The Morgan fingerprint density at radius 3 is 2.37 bits per heavy atom. The first-order valence-corrected chi connectivity index (χ1v) is 8.54. The largest absolute Gasteiger partial charge is 0.467 e. The third-order valence-electron chi connectivity index (χ3n) is 4.30. The zero-order valence-corrected chi connectivity index (χ0v) is 15.1. The number of hydrogen-bond donors (Lipinski definition) is 2. The van der Waals surface area contributed by atoms with Crippen LogP contribution >= 0.6 is 0 Å². The molecule has 2 rings (SSSR count). The predicted octanol–water partition coefficient (Wildman–Crippen LogP) is 2.21. The van der Waals surface area contributed by atoms with Crippen LogP contribution < -0.4 is 10.6 Å². The number of hydrogen-bond acceptors (Lipinski definition) is 4. The third-order valence-corrected chi connectivity index (χ3v) is 4.30. The summed E-state index contributed by atoms with van der Waals surface area (Å²) in [6.45, 7) is 1.43. The number of halogens is 2. The molecular weight excluding hydrogens is 358 g/mol. The van der Waals surface area contributed by atoms with Gasteiger partial charge in [-0.15, -0.1) is 0 Å². The molecule has 1 unspecified atom stereocenters. The van der Waals surface area contributed by atoms with Gasteiger partial charge in [0, 0.05) is 18.4 Å². The van der Waals surface area contributed by atoms with E-state index in [1.54, 1.807) is 30.3 Å². The van der Waals surface area contributed by atoms with Gasteiger partial charge in [-0.1, -0.05) is 24.3 Å². The standard InChI is InChI=1S/C19H22F2N2O4/c1-12(18(26)27-2)22-17(25)15(13-8-10-19(20,21)11-9-13)23-16(24)14-6-4-3-5-7-14/h3-8,12,15H,9-11H2,1-2H3,(H,22,25)(H,23,24)/t12-,15?/m0/s1. The fraction of sp³-hybridized carbons (Fsp3) is 0.421. The lowest BCUT2D eigenvalue weighted by Gasteiger charge is -2.27. The maximum atomic E-state index is 13.4. The smallest absolute Gasteiger partial charge is 0.328 e. The number of allylic oxidation sites excluding steroid dienone is 1. The van der Waals surface area contributed by atoms with E-state index in [9.17, 15) is 23.2 Å². The van der Waals surface area contributed by atoms with Gasteiger partial charge in [-0.05, 0) is 31.1 Å². The molecule has 2 atom stereocenters. The monoisotopic (exact) mass is 380 g/mol. The summed E-state index contributed by atoms with van der Waals surface area (Å²) < 4.78 is 31.4. The first-order chi connectivity index (χ1) is 12.7. The average Bonchev–Trinajstić information content (AvgIpc) is 2.66. The molecule has 146 valence electrons. The lowest BCUT2D eigenvalue weighted by molar-refractivity contribution is -0.144. The zero-order valence-electron chi connectivity index (χ0n) is 15.1. The zero-order chi connectivity index (χ0) is 20.0. The van der Waals surface area contributed by atoms with Crippen molar-refractivity contribution in [2.24, 2.45) is 0 Å². The van der Waals surface area contributed by atoms with Gasteiger partial charge in [0.1, 0.15) is 12.1 Å². The number of nitrogens with one attached hydrogen (secondary N) is 2. The molecule has 0 aromatic heterocycles. The van der Waals surface area contributed by atoms with Gasteiger partial charge in [-0.3, -0.25) is 9.59 Å². The van der Waals surface area contributed by atoms with Crippen molar-refractivity contribution in [2.45, 2.75) is 44.2 Å². The Morgan fingerprint density at radius 2 is 1.81 bits per heavy atom. The van der Waals surface area contributed by atoms with Gasteiger partial charge >= 0.3 is 5.97 Å². The summed E-state index contributed by atoms with van der Waals surface area (Å²) in [6, 6.07) is 6.14. The highest BCUT2D eigenvalue weighted by atomic mass is 19.3. The molecule has 1 aromatic rings. The molecule has 2 N–H and O–H groups in total. The van der Waals surface area contributed by atoms with Crippen LogP contribution in [-0.2, 0) is 14.3 Å². The van der Waals surface area contributed by atoms with Crippen LogP contribution in [-0.4, -0.2) is 42.9 Å². The number of carbonyl (C=O) groups is 3. The number of rotatable bonds is 6. The van der Waals surface area contributed by atoms with Crippen LogP contribution in [0.25, 0.3) is 0 Å². The Balaban J connectivity index is 2.20. The predicted molar refractivity (Wildman–Crippen MR) is 94.2 cm³/mol. The first kappa shape index (κ1) is 20.5. The van der Waals surface area contributed by atoms with Crippen LogP contribution in [0.1, 0.15) is 36.5 Å². The van der Waals surface area contributed by atoms with Crippen molar-refractivity contribution >= 4 is 17.8 Å². The van der Waals surface area contributed by atoms with Gasteiger partial charge in [0.2, 0.25) is 5.91 Å². The van der Waals surface area contributed by atoms with Gasteiger partial charge < -0.3 is 15.4 Å². The summed E-state index contributed by atoms with van der Waals surface area (Å²) in [6.07, 6.45) is 0.338. The van der Waals surface area contributed by atoms with Crippen LogP contribution in [0.4, 0.5) is 8.78 Å². The van der Waals surface area contributed by atoms with Crippen molar-refractivity contribution in [3.05, 3.63) is 47.5 Å². The fourth-order valence-electron chi connectivity index (χ4n) is 2.74. The van der Waals surface area contributed by atoms with E-state index in [0.29, 0.717) is 11.1 Å². The maximum Gasteiger partial charge on any atom is 0.328 e. The summed E-state index contributed by atoms with van der Waals surface area (Å²) >= 11 is 0. The van der Waals surface area contributed by atoms with Crippen LogP contribution in [0, 0.1) is 0 Å². The van der Waals surface area contributed by atoms with Crippen LogP contribution in [0.5, 0.6) is 0 Å². The molecule has 0 radical (unpaired) electrons. The summed E-state index contributed by atoms with van der Waals surface area (Å²) in [5.41, 5.74) is 0.720. The first-order valence-electron chi connectivity index (χ1n) is 8.54. The number of methoxy groups -OCH3 is 1. The average molecular weight is 380 g/mol. The van der Waals surface area contributed by atoms with Crippen molar-refractivity contribution in [2.75, 3.05) is 7.11 Å². The molecule has 0 saturated heterocycles. The molecule has 0 bridgehead atoms. The molecule has 1 aliphatic rings. The Morgan fingerprint density at radius 1 is 1.15 bits per heavy atom. The van der Waals surface area contributed by atoms with E-state index in [0.717, 1.165) is 0 Å². The highest BCUT2D eigenvalue weighted by Crippen LogP contribution is 2.33. The number of benzene rings is 1. The topological polar surface area (TPSA) is 84.5 Å². The molecule has 27 heavy (non-hydrogen) atoms.